The topological polar surface area (TPSA) is 59.2 Å². The molecule has 0 saturated carbocycles. The second kappa shape index (κ2) is 7.01. The molecule has 1 unspecified atom stereocenters. The lowest BCUT2D eigenvalue weighted by Gasteiger charge is -2.21. The van der Waals surface area contributed by atoms with Crippen LogP contribution in [-0.4, -0.2) is 28.4 Å². The number of carbonyl (C=O) groups is 1. The molecule has 0 aliphatic heterocycles. The molecule has 0 spiro atoms. The summed E-state index contributed by atoms with van der Waals surface area (Å²) >= 11 is 0. The summed E-state index contributed by atoms with van der Waals surface area (Å²) in [4.78, 5) is 17.7. The fourth-order valence-corrected chi connectivity index (χ4v) is 1.59. The Hall–Kier alpha value is -1.42. The lowest BCUT2D eigenvalue weighted by atomic mass is 10.1. The maximum atomic E-state index is 11.9. The van der Waals surface area contributed by atoms with Gasteiger partial charge in [0.1, 0.15) is 0 Å². The van der Waals surface area contributed by atoms with Gasteiger partial charge in [0.2, 0.25) is 5.91 Å². The Morgan fingerprint density at radius 2 is 2.12 bits per heavy atom. The van der Waals surface area contributed by atoms with Crippen LogP contribution in [0.25, 0.3) is 0 Å². The lowest BCUT2D eigenvalue weighted by molar-refractivity contribution is -0.131. The molecule has 1 heterocycles. The fraction of sp³-hybridized carbons (Fsp3) is 0.538. The average Bonchev–Trinajstić information content (AvgIpc) is 2.34. The van der Waals surface area contributed by atoms with E-state index in [2.05, 4.69) is 4.98 Å². The van der Waals surface area contributed by atoms with Crippen LogP contribution in [0.3, 0.4) is 0 Å². The van der Waals surface area contributed by atoms with E-state index in [1.54, 1.807) is 12.4 Å². The van der Waals surface area contributed by atoms with E-state index < -0.39 is 0 Å². The molecule has 0 aliphatic rings. The van der Waals surface area contributed by atoms with E-state index in [0.717, 1.165) is 18.5 Å². The van der Waals surface area contributed by atoms with Crippen molar-refractivity contribution < 1.29 is 4.79 Å². The standard InChI is InChI=1S/C13H21N3O/c1-3-16(13(17)5-4-11(2)14)10-12-6-8-15-9-7-12/h6-9,11H,3-5,10,14H2,1-2H3. The lowest BCUT2D eigenvalue weighted by Crippen LogP contribution is -2.31. The summed E-state index contributed by atoms with van der Waals surface area (Å²) in [7, 11) is 0. The van der Waals surface area contributed by atoms with Crippen LogP contribution in [0.2, 0.25) is 0 Å². The van der Waals surface area contributed by atoms with Crippen LogP contribution in [-0.2, 0) is 11.3 Å². The molecule has 0 aliphatic carbocycles. The third-order valence-electron chi connectivity index (χ3n) is 2.67. The minimum absolute atomic E-state index is 0.0820. The van der Waals surface area contributed by atoms with Gasteiger partial charge in [-0.2, -0.15) is 0 Å². The Bertz CT molecular complexity index is 338. The molecule has 1 aromatic rings. The van der Waals surface area contributed by atoms with Crippen LogP contribution in [0.1, 0.15) is 32.3 Å². The third-order valence-corrected chi connectivity index (χ3v) is 2.67. The molecule has 0 bridgehead atoms. The van der Waals surface area contributed by atoms with Crippen molar-refractivity contribution in [1.82, 2.24) is 9.88 Å². The highest BCUT2D eigenvalue weighted by molar-refractivity contribution is 5.76. The van der Waals surface area contributed by atoms with Crippen molar-refractivity contribution in [1.29, 1.82) is 0 Å². The first kappa shape index (κ1) is 13.6. The number of amides is 1. The third kappa shape index (κ3) is 4.95. The summed E-state index contributed by atoms with van der Waals surface area (Å²) in [6.07, 6.45) is 4.76. The van der Waals surface area contributed by atoms with Crippen LogP contribution >= 0.6 is 0 Å². The van der Waals surface area contributed by atoms with Crippen molar-refractivity contribution in [2.45, 2.75) is 39.3 Å². The quantitative estimate of drug-likeness (QED) is 0.814. The number of hydrogen-bond donors (Lipinski definition) is 1. The molecule has 1 amide bonds. The van der Waals surface area contributed by atoms with Gasteiger partial charge in [0, 0.05) is 37.9 Å². The van der Waals surface area contributed by atoms with Crippen molar-refractivity contribution in [3.8, 4) is 0 Å². The van der Waals surface area contributed by atoms with Gasteiger partial charge in [-0.05, 0) is 38.0 Å². The van der Waals surface area contributed by atoms with Crippen LogP contribution in [0, 0.1) is 0 Å². The number of nitrogens with two attached hydrogens (primary N) is 1. The zero-order valence-corrected chi connectivity index (χ0v) is 10.6. The van der Waals surface area contributed by atoms with Gasteiger partial charge in [-0.1, -0.05) is 0 Å². The Morgan fingerprint density at radius 1 is 1.47 bits per heavy atom. The summed E-state index contributed by atoms with van der Waals surface area (Å²) in [6.45, 7) is 5.29. The highest BCUT2D eigenvalue weighted by Gasteiger charge is 2.12. The SMILES string of the molecule is CCN(Cc1ccncc1)C(=O)CCC(C)N. The molecule has 94 valence electrons. The maximum Gasteiger partial charge on any atom is 0.222 e. The zero-order chi connectivity index (χ0) is 12.7. The Morgan fingerprint density at radius 3 is 2.65 bits per heavy atom. The van der Waals surface area contributed by atoms with Crippen LogP contribution < -0.4 is 5.73 Å². The fourth-order valence-electron chi connectivity index (χ4n) is 1.59. The van der Waals surface area contributed by atoms with E-state index in [4.69, 9.17) is 5.73 Å². The van der Waals surface area contributed by atoms with Crippen molar-refractivity contribution in [2.24, 2.45) is 5.73 Å². The monoisotopic (exact) mass is 235 g/mol. The first-order valence-corrected chi connectivity index (χ1v) is 6.05. The Balaban J connectivity index is 2.51. The molecule has 17 heavy (non-hydrogen) atoms. The molecule has 0 saturated heterocycles. The van der Waals surface area contributed by atoms with Crippen molar-refractivity contribution in [3.63, 3.8) is 0 Å². The zero-order valence-electron chi connectivity index (χ0n) is 10.6. The van der Waals surface area contributed by atoms with E-state index in [0.29, 0.717) is 13.0 Å². The van der Waals surface area contributed by atoms with E-state index in [1.807, 2.05) is 30.9 Å². The average molecular weight is 235 g/mol. The number of aromatic nitrogens is 1. The van der Waals surface area contributed by atoms with Crippen molar-refractivity contribution in [3.05, 3.63) is 30.1 Å². The molecule has 1 rings (SSSR count). The molecular weight excluding hydrogens is 214 g/mol. The molecule has 1 aromatic heterocycles. The smallest absolute Gasteiger partial charge is 0.222 e. The summed E-state index contributed by atoms with van der Waals surface area (Å²) in [5.74, 6) is 0.168. The Labute approximate surface area is 103 Å². The molecule has 0 radical (unpaired) electrons. The second-order valence-corrected chi connectivity index (χ2v) is 4.28. The molecule has 4 nitrogen and oxygen atoms in total. The molecular formula is C13H21N3O. The number of nitrogens with zero attached hydrogens (tertiary/aromatic N) is 2. The van der Waals surface area contributed by atoms with Crippen molar-refractivity contribution >= 4 is 5.91 Å². The molecule has 0 fully saturated rings. The van der Waals surface area contributed by atoms with E-state index >= 15 is 0 Å². The first-order valence-electron chi connectivity index (χ1n) is 6.05. The minimum Gasteiger partial charge on any atom is -0.339 e. The summed E-state index contributed by atoms with van der Waals surface area (Å²) in [6, 6.07) is 3.95. The molecule has 4 heteroatoms. The minimum atomic E-state index is 0.0820. The molecule has 1 atom stereocenters. The van der Waals surface area contributed by atoms with Crippen LogP contribution in [0.5, 0.6) is 0 Å². The Kier molecular flexibility index (Phi) is 5.63. The normalized spacial score (nSPS) is 12.2. The van der Waals surface area contributed by atoms with E-state index in [-0.39, 0.29) is 11.9 Å². The molecule has 0 aromatic carbocycles. The highest BCUT2D eigenvalue weighted by atomic mass is 16.2. The van der Waals surface area contributed by atoms with Crippen LogP contribution in [0.15, 0.2) is 24.5 Å². The summed E-state index contributed by atoms with van der Waals surface area (Å²) in [5.41, 5.74) is 6.76. The van der Waals surface area contributed by atoms with Gasteiger partial charge in [-0.25, -0.2) is 0 Å². The van der Waals surface area contributed by atoms with Gasteiger partial charge in [0.15, 0.2) is 0 Å². The number of rotatable bonds is 6. The van der Waals surface area contributed by atoms with Gasteiger partial charge in [0.25, 0.3) is 0 Å². The van der Waals surface area contributed by atoms with Gasteiger partial charge in [-0.3, -0.25) is 9.78 Å². The summed E-state index contributed by atoms with van der Waals surface area (Å²) < 4.78 is 0. The van der Waals surface area contributed by atoms with Gasteiger partial charge >= 0.3 is 0 Å². The highest BCUT2D eigenvalue weighted by Crippen LogP contribution is 2.06. The van der Waals surface area contributed by atoms with Crippen molar-refractivity contribution in [2.75, 3.05) is 6.54 Å². The van der Waals surface area contributed by atoms with E-state index in [9.17, 15) is 4.79 Å². The van der Waals surface area contributed by atoms with E-state index in [1.165, 1.54) is 0 Å². The van der Waals surface area contributed by atoms with Gasteiger partial charge < -0.3 is 10.6 Å². The maximum absolute atomic E-state index is 11.9. The number of hydrogen-bond acceptors (Lipinski definition) is 3. The largest absolute Gasteiger partial charge is 0.339 e. The summed E-state index contributed by atoms with van der Waals surface area (Å²) in [5, 5.41) is 0. The first-order chi connectivity index (χ1) is 8.13. The van der Waals surface area contributed by atoms with Gasteiger partial charge in [0.05, 0.1) is 0 Å². The number of pyridine rings is 1. The second-order valence-electron chi connectivity index (χ2n) is 4.28. The van der Waals surface area contributed by atoms with Gasteiger partial charge in [-0.15, -0.1) is 0 Å². The predicted molar refractivity (Wildman–Crippen MR) is 68.2 cm³/mol. The number of carbonyl (C=O) groups excluding carboxylic acids is 1. The molecule has 2 N–H and O–H groups in total. The predicted octanol–water partition coefficient (Wildman–Crippen LogP) is 1.56. The van der Waals surface area contributed by atoms with Crippen LogP contribution in [0.4, 0.5) is 0 Å².